The molecule has 2 aromatic carbocycles. The Kier molecular flexibility index (Phi) is 9.40. The van der Waals surface area contributed by atoms with E-state index in [1.165, 1.54) is 5.56 Å². The fourth-order valence-corrected chi connectivity index (χ4v) is 5.26. The first kappa shape index (κ1) is 25.5. The van der Waals surface area contributed by atoms with Crippen molar-refractivity contribution >= 4 is 5.91 Å². The van der Waals surface area contributed by atoms with Crippen molar-refractivity contribution in [2.45, 2.75) is 19.4 Å². The summed E-state index contributed by atoms with van der Waals surface area (Å²) in [6.45, 7) is 7.76. The van der Waals surface area contributed by atoms with Gasteiger partial charge in [0.2, 0.25) is 5.91 Å². The molecule has 0 radical (unpaired) electrons. The second-order valence-corrected chi connectivity index (χ2v) is 9.62. The number of morpholine rings is 1. The van der Waals surface area contributed by atoms with Gasteiger partial charge in [-0.2, -0.15) is 0 Å². The highest BCUT2D eigenvalue weighted by atomic mass is 16.5. The molecule has 2 aliphatic heterocycles. The number of nitrogens with one attached hydrogen (secondary N) is 1. The number of benzene rings is 2. The van der Waals surface area contributed by atoms with Gasteiger partial charge in [-0.05, 0) is 42.0 Å². The monoisotopic (exact) mass is 481 g/mol. The van der Waals surface area contributed by atoms with Gasteiger partial charge in [0.1, 0.15) is 0 Å². The number of rotatable bonds is 10. The molecule has 0 spiro atoms. The number of carbonyl (C=O) groups excluding carboxylic acids is 1. The number of likely N-dealkylation sites (tertiary alicyclic amines) is 1. The molecule has 35 heavy (non-hydrogen) atoms. The van der Waals surface area contributed by atoms with Crippen molar-refractivity contribution in [3.05, 3.63) is 59.7 Å². The van der Waals surface area contributed by atoms with Crippen molar-refractivity contribution in [1.82, 2.24) is 15.1 Å². The normalized spacial score (nSPS) is 21.4. The Morgan fingerprint density at radius 1 is 0.971 bits per heavy atom. The lowest BCUT2D eigenvalue weighted by molar-refractivity contribution is -0.127. The second kappa shape index (κ2) is 12.9. The smallest absolute Gasteiger partial charge is 0.224 e. The van der Waals surface area contributed by atoms with E-state index in [0.717, 1.165) is 82.4 Å². The van der Waals surface area contributed by atoms with E-state index in [0.29, 0.717) is 12.5 Å². The highest BCUT2D eigenvalue weighted by Gasteiger charge is 2.32. The van der Waals surface area contributed by atoms with Crippen LogP contribution in [-0.2, 0) is 22.5 Å². The fraction of sp³-hybridized carbons (Fsp3) is 0.536. The van der Waals surface area contributed by atoms with E-state index < -0.39 is 0 Å². The van der Waals surface area contributed by atoms with Gasteiger partial charge in [0.15, 0.2) is 11.5 Å². The van der Waals surface area contributed by atoms with Crippen LogP contribution < -0.4 is 14.8 Å². The van der Waals surface area contributed by atoms with Crippen molar-refractivity contribution in [2.75, 3.05) is 66.7 Å². The number of carbonyl (C=O) groups is 1. The lowest BCUT2D eigenvalue weighted by Crippen LogP contribution is -2.50. The predicted molar refractivity (Wildman–Crippen MR) is 137 cm³/mol. The number of hydrogen-bond acceptors (Lipinski definition) is 6. The van der Waals surface area contributed by atoms with Crippen LogP contribution in [-0.4, -0.2) is 82.4 Å². The number of methoxy groups -OCH3 is 2. The van der Waals surface area contributed by atoms with Crippen LogP contribution in [0.25, 0.3) is 0 Å². The lowest BCUT2D eigenvalue weighted by atomic mass is 9.87. The van der Waals surface area contributed by atoms with Gasteiger partial charge >= 0.3 is 0 Å². The van der Waals surface area contributed by atoms with Crippen LogP contribution in [0.3, 0.4) is 0 Å². The summed E-state index contributed by atoms with van der Waals surface area (Å²) < 4.78 is 16.4. The first-order valence-electron chi connectivity index (χ1n) is 12.7. The molecule has 4 rings (SSSR count). The topological polar surface area (TPSA) is 63.3 Å². The molecule has 2 aromatic rings. The fourth-order valence-electron chi connectivity index (χ4n) is 5.26. The Hall–Kier alpha value is -2.61. The highest BCUT2D eigenvalue weighted by molar-refractivity contribution is 5.79. The molecule has 0 aromatic heterocycles. The Balaban J connectivity index is 1.39. The molecule has 2 aliphatic rings. The molecule has 2 saturated heterocycles. The van der Waals surface area contributed by atoms with Gasteiger partial charge in [-0.1, -0.05) is 36.4 Å². The summed E-state index contributed by atoms with van der Waals surface area (Å²) in [6, 6.07) is 16.4. The zero-order chi connectivity index (χ0) is 24.5. The minimum Gasteiger partial charge on any atom is -0.493 e. The van der Waals surface area contributed by atoms with Crippen LogP contribution in [0.4, 0.5) is 0 Å². The molecule has 2 fully saturated rings. The van der Waals surface area contributed by atoms with Crippen LogP contribution in [0.2, 0.25) is 0 Å². The van der Waals surface area contributed by atoms with Crippen molar-refractivity contribution in [3.63, 3.8) is 0 Å². The number of hydrogen-bond donors (Lipinski definition) is 1. The van der Waals surface area contributed by atoms with Crippen molar-refractivity contribution in [1.29, 1.82) is 0 Å². The summed E-state index contributed by atoms with van der Waals surface area (Å²) in [5.74, 6) is 2.08. The highest BCUT2D eigenvalue weighted by Crippen LogP contribution is 2.30. The molecule has 7 nitrogen and oxygen atoms in total. The maximum atomic E-state index is 13.2. The van der Waals surface area contributed by atoms with Gasteiger partial charge in [0.25, 0.3) is 0 Å². The third-order valence-corrected chi connectivity index (χ3v) is 7.01. The van der Waals surface area contributed by atoms with E-state index >= 15 is 0 Å². The Morgan fingerprint density at radius 3 is 2.49 bits per heavy atom. The largest absolute Gasteiger partial charge is 0.493 e. The summed E-state index contributed by atoms with van der Waals surface area (Å²) in [4.78, 5) is 18.1. The van der Waals surface area contributed by atoms with Gasteiger partial charge in [-0.25, -0.2) is 0 Å². The first-order valence-corrected chi connectivity index (χ1v) is 12.7. The minimum atomic E-state index is -0.00860. The van der Waals surface area contributed by atoms with Crippen LogP contribution >= 0.6 is 0 Å². The number of nitrogens with zero attached hydrogens (tertiary/aromatic N) is 2. The van der Waals surface area contributed by atoms with E-state index in [1.807, 2.05) is 30.3 Å². The van der Waals surface area contributed by atoms with Crippen molar-refractivity contribution in [3.8, 4) is 11.5 Å². The molecule has 1 N–H and O–H groups in total. The van der Waals surface area contributed by atoms with Crippen LogP contribution in [0, 0.1) is 11.8 Å². The van der Waals surface area contributed by atoms with Gasteiger partial charge in [-0.15, -0.1) is 0 Å². The Bertz CT molecular complexity index is 933. The van der Waals surface area contributed by atoms with Crippen molar-refractivity contribution in [2.24, 2.45) is 11.8 Å². The molecule has 0 unspecified atom stereocenters. The van der Waals surface area contributed by atoms with Crippen LogP contribution in [0.1, 0.15) is 17.5 Å². The summed E-state index contributed by atoms with van der Waals surface area (Å²) in [7, 11) is 3.32. The summed E-state index contributed by atoms with van der Waals surface area (Å²) in [5, 5.41) is 3.21. The molecule has 0 aliphatic carbocycles. The van der Waals surface area contributed by atoms with Gasteiger partial charge in [-0.3, -0.25) is 14.6 Å². The maximum Gasteiger partial charge on any atom is 0.224 e. The second-order valence-electron chi connectivity index (χ2n) is 9.62. The first-order chi connectivity index (χ1) is 17.1. The zero-order valence-corrected chi connectivity index (χ0v) is 21.1. The zero-order valence-electron chi connectivity index (χ0n) is 21.1. The number of piperidine rings is 1. The minimum absolute atomic E-state index is 0.00860. The lowest BCUT2D eigenvalue weighted by Gasteiger charge is -2.40. The molecular formula is C28H39N3O4. The summed E-state index contributed by atoms with van der Waals surface area (Å²) >= 11 is 0. The number of ether oxygens (including phenoxy) is 3. The molecule has 190 valence electrons. The molecule has 7 heteroatoms. The molecule has 2 heterocycles. The molecule has 0 saturated carbocycles. The Labute approximate surface area is 209 Å². The summed E-state index contributed by atoms with van der Waals surface area (Å²) in [5.41, 5.74) is 2.41. The molecule has 0 bridgehead atoms. The average molecular weight is 482 g/mol. The van der Waals surface area contributed by atoms with Crippen LogP contribution in [0.15, 0.2) is 48.5 Å². The quantitative estimate of drug-likeness (QED) is 0.563. The van der Waals surface area contributed by atoms with E-state index in [9.17, 15) is 4.79 Å². The van der Waals surface area contributed by atoms with E-state index in [1.54, 1.807) is 14.2 Å². The summed E-state index contributed by atoms with van der Waals surface area (Å²) in [6.07, 6.45) is 1.78. The van der Waals surface area contributed by atoms with E-state index in [-0.39, 0.29) is 11.8 Å². The van der Waals surface area contributed by atoms with Crippen molar-refractivity contribution < 1.29 is 19.0 Å². The third kappa shape index (κ3) is 7.43. The van der Waals surface area contributed by atoms with Gasteiger partial charge in [0.05, 0.1) is 33.4 Å². The maximum absolute atomic E-state index is 13.2. The molecule has 2 atom stereocenters. The van der Waals surface area contributed by atoms with E-state index in [2.05, 4.69) is 33.3 Å². The number of amides is 1. The Morgan fingerprint density at radius 2 is 1.74 bits per heavy atom. The van der Waals surface area contributed by atoms with E-state index in [4.69, 9.17) is 14.2 Å². The van der Waals surface area contributed by atoms with Crippen LogP contribution in [0.5, 0.6) is 11.5 Å². The third-order valence-electron chi connectivity index (χ3n) is 7.01. The predicted octanol–water partition coefficient (Wildman–Crippen LogP) is 2.83. The van der Waals surface area contributed by atoms with Gasteiger partial charge in [0, 0.05) is 45.8 Å². The molecule has 1 amide bonds. The van der Waals surface area contributed by atoms with Gasteiger partial charge < -0.3 is 19.5 Å². The standard InChI is InChI=1S/C28H39N3O4/c1-33-26-9-8-23(17-27(26)34-2)18-31-20-24(19-30-12-14-35-15-13-30)16-25(21-31)28(32)29-11-10-22-6-4-3-5-7-22/h3-9,17,24-25H,10-16,18-21H2,1-2H3,(H,29,32)/t24-,25-/m1/s1. The average Bonchev–Trinajstić information content (AvgIpc) is 2.89. The SMILES string of the molecule is COc1ccc(CN2C[C@@H](CN3CCOCC3)C[C@@H](C(=O)NCCc3ccccc3)C2)cc1OC. The molecular weight excluding hydrogens is 442 g/mol.